The molecule has 1 saturated carbocycles. The van der Waals surface area contributed by atoms with E-state index in [1.54, 1.807) is 15.4 Å². The Labute approximate surface area is 203 Å². The maximum Gasteiger partial charge on any atom is 0.267 e. The molecule has 3 aliphatic rings. The highest BCUT2D eigenvalue weighted by Gasteiger charge is 2.38. The van der Waals surface area contributed by atoms with E-state index < -0.39 is 0 Å². The predicted octanol–water partition coefficient (Wildman–Crippen LogP) is 3.29. The van der Waals surface area contributed by atoms with E-state index in [0.29, 0.717) is 26.3 Å². The van der Waals surface area contributed by atoms with E-state index in [0.717, 1.165) is 64.0 Å². The van der Waals surface area contributed by atoms with Crippen molar-refractivity contribution in [2.45, 2.75) is 45.6 Å². The van der Waals surface area contributed by atoms with Crippen molar-refractivity contribution in [3.05, 3.63) is 44.7 Å². The maximum absolute atomic E-state index is 13.7. The van der Waals surface area contributed by atoms with Gasteiger partial charge in [0, 0.05) is 38.4 Å². The van der Waals surface area contributed by atoms with Crippen LogP contribution in [0.3, 0.4) is 0 Å². The number of aromatic nitrogens is 2. The summed E-state index contributed by atoms with van der Waals surface area (Å²) in [5.74, 6) is 0.582. The van der Waals surface area contributed by atoms with Gasteiger partial charge in [-0.2, -0.15) is 0 Å². The summed E-state index contributed by atoms with van der Waals surface area (Å²) in [6, 6.07) is 4.03. The van der Waals surface area contributed by atoms with Crippen molar-refractivity contribution in [3.8, 4) is 0 Å². The number of likely N-dealkylation sites (N-methyl/N-ethyl adjacent to an activating group) is 1. The number of pyridine rings is 1. The van der Waals surface area contributed by atoms with E-state index in [-0.39, 0.29) is 17.5 Å². The Balaban J connectivity index is 1.59. The van der Waals surface area contributed by atoms with E-state index >= 15 is 0 Å². The van der Waals surface area contributed by atoms with Crippen LogP contribution in [-0.2, 0) is 4.79 Å². The summed E-state index contributed by atoms with van der Waals surface area (Å²) < 4.78 is 2.19. The number of carbonyl (C=O) groups excluding carboxylic acids is 1. The lowest BCUT2D eigenvalue weighted by Crippen LogP contribution is -2.47. The second-order valence-corrected chi connectivity index (χ2v) is 10.7. The number of thioether (sulfide) groups is 1. The first-order chi connectivity index (χ1) is 16.0. The van der Waals surface area contributed by atoms with Crippen molar-refractivity contribution in [3.63, 3.8) is 0 Å². The zero-order valence-electron chi connectivity index (χ0n) is 19.1. The summed E-state index contributed by atoms with van der Waals surface area (Å²) in [4.78, 5) is 38.7. The fourth-order valence-electron chi connectivity index (χ4n) is 4.98. The van der Waals surface area contributed by atoms with Gasteiger partial charge in [-0.1, -0.05) is 49.8 Å². The Bertz CT molecular complexity index is 1190. The molecule has 0 aromatic carbocycles. The summed E-state index contributed by atoms with van der Waals surface area (Å²) in [7, 11) is 0. The smallest absolute Gasteiger partial charge is 0.267 e. The molecule has 0 atom stereocenters. The average molecular weight is 484 g/mol. The number of anilines is 1. The van der Waals surface area contributed by atoms with Gasteiger partial charge in [0.05, 0.1) is 10.5 Å². The third-order valence-electron chi connectivity index (χ3n) is 6.89. The Hall–Kier alpha value is -2.23. The number of hydrogen-bond acceptors (Lipinski definition) is 7. The van der Waals surface area contributed by atoms with E-state index in [4.69, 9.17) is 17.2 Å². The average Bonchev–Trinajstić information content (AvgIpc) is 3.43. The molecule has 9 heteroatoms. The van der Waals surface area contributed by atoms with Gasteiger partial charge in [-0.25, -0.2) is 4.98 Å². The lowest BCUT2D eigenvalue weighted by atomic mass is 10.2. The lowest BCUT2D eigenvalue weighted by molar-refractivity contribution is -0.123. The largest absolute Gasteiger partial charge is 0.353 e. The van der Waals surface area contributed by atoms with Gasteiger partial charge >= 0.3 is 0 Å². The van der Waals surface area contributed by atoms with E-state index in [1.165, 1.54) is 11.8 Å². The highest BCUT2D eigenvalue weighted by Crippen LogP contribution is 2.38. The van der Waals surface area contributed by atoms with Crippen molar-refractivity contribution < 1.29 is 4.79 Å². The van der Waals surface area contributed by atoms with Crippen LogP contribution >= 0.6 is 24.0 Å². The molecule has 0 unspecified atom stereocenters. The SMILES string of the molecule is CCN1CCN(c2nc3ccc(C)cn3c(=O)c2/C=C2\SC(=S)N(C3CCCC3)C2=O)CC1. The zero-order chi connectivity index (χ0) is 23.1. The standard InChI is InChI=1S/C24H29N5O2S2/c1-3-26-10-12-27(13-11-26)21-18(22(30)28-15-16(2)8-9-20(28)25-21)14-19-23(31)29(24(32)33-19)17-6-4-5-7-17/h8-9,14-15,17H,3-7,10-13H2,1-2H3/b19-14-. The van der Waals surface area contributed by atoms with Crippen molar-refractivity contribution in [1.82, 2.24) is 19.2 Å². The Kier molecular flexibility index (Phi) is 6.28. The van der Waals surface area contributed by atoms with Gasteiger partial charge in [0.1, 0.15) is 15.8 Å². The molecule has 0 bridgehead atoms. The van der Waals surface area contributed by atoms with Crippen LogP contribution in [0.2, 0.25) is 0 Å². The van der Waals surface area contributed by atoms with Crippen molar-refractivity contribution in [1.29, 1.82) is 0 Å². The molecular weight excluding hydrogens is 454 g/mol. The predicted molar refractivity (Wildman–Crippen MR) is 138 cm³/mol. The summed E-state index contributed by atoms with van der Waals surface area (Å²) in [5, 5.41) is 0. The molecule has 0 N–H and O–H groups in total. The molecule has 3 fully saturated rings. The van der Waals surface area contributed by atoms with Gasteiger partial charge in [0.25, 0.3) is 11.5 Å². The molecule has 2 saturated heterocycles. The first-order valence-electron chi connectivity index (χ1n) is 11.7. The maximum atomic E-state index is 13.7. The van der Waals surface area contributed by atoms with Crippen LogP contribution in [0.15, 0.2) is 28.0 Å². The van der Waals surface area contributed by atoms with Crippen LogP contribution in [0.5, 0.6) is 0 Å². The van der Waals surface area contributed by atoms with Crippen molar-refractivity contribution in [2.24, 2.45) is 0 Å². The fourth-order valence-corrected chi connectivity index (χ4v) is 6.36. The number of nitrogens with zero attached hydrogens (tertiary/aromatic N) is 5. The highest BCUT2D eigenvalue weighted by atomic mass is 32.2. The first-order valence-corrected chi connectivity index (χ1v) is 13.0. The van der Waals surface area contributed by atoms with Crippen LogP contribution in [0.1, 0.15) is 43.7 Å². The minimum Gasteiger partial charge on any atom is -0.353 e. The normalized spacial score (nSPS) is 21.8. The molecule has 1 aliphatic carbocycles. The third kappa shape index (κ3) is 4.22. The zero-order valence-corrected chi connectivity index (χ0v) is 20.8. The highest BCUT2D eigenvalue weighted by molar-refractivity contribution is 8.26. The van der Waals surface area contributed by atoms with Gasteiger partial charge in [-0.05, 0) is 44.0 Å². The van der Waals surface area contributed by atoms with E-state index in [1.807, 2.05) is 25.3 Å². The Morgan fingerprint density at radius 1 is 1.15 bits per heavy atom. The molecular formula is C24H29N5O2S2. The molecule has 1 amide bonds. The first kappa shape index (κ1) is 22.6. The minimum absolute atomic E-state index is 0.0765. The van der Waals surface area contributed by atoms with E-state index in [9.17, 15) is 9.59 Å². The second kappa shape index (κ2) is 9.19. The molecule has 2 aliphatic heterocycles. The Morgan fingerprint density at radius 3 is 2.58 bits per heavy atom. The number of hydrogen-bond donors (Lipinski definition) is 0. The number of rotatable bonds is 4. The van der Waals surface area contributed by atoms with Crippen molar-refractivity contribution in [2.75, 3.05) is 37.6 Å². The number of carbonyl (C=O) groups is 1. The van der Waals surface area contributed by atoms with Crippen LogP contribution in [-0.4, -0.2) is 68.2 Å². The molecule has 174 valence electrons. The molecule has 0 radical (unpaired) electrons. The van der Waals surface area contributed by atoms with Crippen LogP contribution in [0.4, 0.5) is 5.82 Å². The van der Waals surface area contributed by atoms with Gasteiger partial charge < -0.3 is 9.80 Å². The van der Waals surface area contributed by atoms with Gasteiger partial charge in [-0.15, -0.1) is 0 Å². The second-order valence-electron chi connectivity index (χ2n) is 9.00. The van der Waals surface area contributed by atoms with Gasteiger partial charge in [-0.3, -0.25) is 18.9 Å². The number of thiocarbonyl (C=S) groups is 1. The minimum atomic E-state index is -0.150. The number of amides is 1. The topological polar surface area (TPSA) is 61.2 Å². The lowest BCUT2D eigenvalue weighted by Gasteiger charge is -2.35. The van der Waals surface area contributed by atoms with Crippen LogP contribution < -0.4 is 10.5 Å². The van der Waals surface area contributed by atoms with Gasteiger partial charge in [0.15, 0.2) is 0 Å². The number of fused-ring (bicyclic) bond motifs is 1. The molecule has 0 spiro atoms. The summed E-state index contributed by atoms with van der Waals surface area (Å²) in [6.07, 6.45) is 7.79. The van der Waals surface area contributed by atoms with Crippen LogP contribution in [0.25, 0.3) is 11.7 Å². The molecule has 5 rings (SSSR count). The third-order valence-corrected chi connectivity index (χ3v) is 8.22. The molecule has 2 aromatic heterocycles. The number of piperazine rings is 1. The van der Waals surface area contributed by atoms with E-state index in [2.05, 4.69) is 16.7 Å². The fraction of sp³-hybridized carbons (Fsp3) is 0.500. The quantitative estimate of drug-likeness (QED) is 0.489. The van der Waals surface area contributed by atoms with Crippen molar-refractivity contribution >= 4 is 51.7 Å². The summed E-state index contributed by atoms with van der Waals surface area (Å²) in [6.45, 7) is 8.58. The molecule has 33 heavy (non-hydrogen) atoms. The van der Waals surface area contributed by atoms with Gasteiger partial charge in [0.2, 0.25) is 0 Å². The summed E-state index contributed by atoms with van der Waals surface area (Å²) in [5.41, 5.74) is 1.92. The monoisotopic (exact) mass is 483 g/mol. The summed E-state index contributed by atoms with van der Waals surface area (Å²) >= 11 is 6.88. The Morgan fingerprint density at radius 2 is 1.88 bits per heavy atom. The van der Waals surface area contributed by atoms with Crippen LogP contribution in [0, 0.1) is 6.92 Å². The molecule has 7 nitrogen and oxygen atoms in total. The number of aryl methyl sites for hydroxylation is 1. The molecule has 4 heterocycles. The molecule has 2 aromatic rings.